The van der Waals surface area contributed by atoms with Gasteiger partial charge in [0, 0.05) is 6.04 Å². The third-order valence-electron chi connectivity index (χ3n) is 2.65. The number of hydrogen-bond donors (Lipinski definition) is 1. The van der Waals surface area contributed by atoms with Crippen molar-refractivity contribution in [3.8, 4) is 0 Å². The number of hydrogen-bond acceptors (Lipinski definition) is 4. The number of halogens is 2. The normalized spacial score (nSPS) is 10.5. The van der Waals surface area contributed by atoms with Crippen molar-refractivity contribution in [2.75, 3.05) is 6.54 Å². The molecular weight excluding hydrogens is 290 g/mol. The smallest absolute Gasteiger partial charge is 0.323 e. The quantitative estimate of drug-likeness (QED) is 0.660. The molecule has 0 spiro atoms. The van der Waals surface area contributed by atoms with Gasteiger partial charge in [-0.25, -0.2) is 4.39 Å². The lowest BCUT2D eigenvalue weighted by Gasteiger charge is -2.25. The first kappa shape index (κ1) is 16.5. The minimum atomic E-state index is -1.37. The Balaban J connectivity index is 3.25. The zero-order valence-electron chi connectivity index (χ0n) is 11.2. The summed E-state index contributed by atoms with van der Waals surface area (Å²) in [7, 11) is 0. The van der Waals surface area contributed by atoms with E-state index in [2.05, 4.69) is 0 Å². The Morgan fingerprint density at radius 1 is 1.33 bits per heavy atom. The van der Waals surface area contributed by atoms with Crippen molar-refractivity contribution < 1.29 is 28.4 Å². The standard InChI is InChI=1S/C12H12F2N2O5/c1-6(2)15(5-11(17)18)12(19)7-3-9(14)10(16(20)21)4-8(7)13/h3-4,6H,5H2,1-2H3,(H,17,18). The predicted octanol–water partition coefficient (Wildman–Crippen LogP) is 1.81. The highest BCUT2D eigenvalue weighted by Gasteiger charge is 2.27. The van der Waals surface area contributed by atoms with Crippen LogP contribution in [-0.2, 0) is 4.79 Å². The fraction of sp³-hybridized carbons (Fsp3) is 0.333. The van der Waals surface area contributed by atoms with E-state index in [0.29, 0.717) is 12.1 Å². The molecule has 1 aromatic rings. The highest BCUT2D eigenvalue weighted by Crippen LogP contribution is 2.23. The predicted molar refractivity (Wildman–Crippen MR) is 66.8 cm³/mol. The molecule has 0 heterocycles. The van der Waals surface area contributed by atoms with E-state index >= 15 is 0 Å². The third kappa shape index (κ3) is 3.71. The van der Waals surface area contributed by atoms with Crippen LogP contribution in [0.3, 0.4) is 0 Å². The summed E-state index contributed by atoms with van der Waals surface area (Å²) in [6, 6.07) is 0.112. The van der Waals surface area contributed by atoms with Crippen molar-refractivity contribution in [2.24, 2.45) is 0 Å². The van der Waals surface area contributed by atoms with Gasteiger partial charge in [0.15, 0.2) is 0 Å². The van der Waals surface area contributed by atoms with Crippen LogP contribution in [0.1, 0.15) is 24.2 Å². The zero-order chi connectivity index (χ0) is 16.3. The molecule has 0 aliphatic heterocycles. The van der Waals surface area contributed by atoms with Crippen LogP contribution >= 0.6 is 0 Å². The summed E-state index contributed by atoms with van der Waals surface area (Å²) in [5.41, 5.74) is -1.86. The molecule has 0 aliphatic carbocycles. The SMILES string of the molecule is CC(C)N(CC(=O)O)C(=O)c1cc(F)c([N+](=O)[O-])cc1F. The number of nitro groups is 1. The van der Waals surface area contributed by atoms with Gasteiger partial charge < -0.3 is 10.0 Å². The van der Waals surface area contributed by atoms with Gasteiger partial charge in [-0.2, -0.15) is 4.39 Å². The largest absolute Gasteiger partial charge is 0.480 e. The lowest BCUT2D eigenvalue weighted by molar-refractivity contribution is -0.387. The Hall–Kier alpha value is -2.58. The maximum Gasteiger partial charge on any atom is 0.323 e. The number of carboxylic acid groups (broad SMARTS) is 1. The second kappa shape index (κ2) is 6.25. The number of rotatable bonds is 5. The van der Waals surface area contributed by atoms with Gasteiger partial charge in [-0.05, 0) is 19.9 Å². The molecule has 0 aromatic heterocycles. The molecule has 1 aromatic carbocycles. The lowest BCUT2D eigenvalue weighted by Crippen LogP contribution is -2.41. The van der Waals surface area contributed by atoms with Gasteiger partial charge >= 0.3 is 11.7 Å². The Labute approximate surface area is 117 Å². The van der Waals surface area contributed by atoms with Crippen molar-refractivity contribution in [3.63, 3.8) is 0 Å². The van der Waals surface area contributed by atoms with Gasteiger partial charge in [-0.1, -0.05) is 0 Å². The molecule has 7 nitrogen and oxygen atoms in total. The van der Waals surface area contributed by atoms with Crippen LogP contribution in [0.4, 0.5) is 14.5 Å². The first-order chi connectivity index (χ1) is 9.65. The summed E-state index contributed by atoms with van der Waals surface area (Å²) < 4.78 is 27.2. The molecule has 0 unspecified atom stereocenters. The molecule has 1 N–H and O–H groups in total. The molecule has 0 saturated carbocycles. The molecule has 0 saturated heterocycles. The van der Waals surface area contributed by atoms with Crippen LogP contribution < -0.4 is 0 Å². The average molecular weight is 302 g/mol. The summed E-state index contributed by atoms with van der Waals surface area (Å²) in [5, 5.41) is 19.2. The van der Waals surface area contributed by atoms with Crippen LogP contribution in [0.15, 0.2) is 12.1 Å². The van der Waals surface area contributed by atoms with E-state index in [0.717, 1.165) is 4.90 Å². The number of aliphatic carboxylic acids is 1. The van der Waals surface area contributed by atoms with E-state index in [-0.39, 0.29) is 0 Å². The molecule has 1 amide bonds. The minimum Gasteiger partial charge on any atom is -0.480 e. The molecular formula is C12H12F2N2O5. The summed E-state index contributed by atoms with van der Waals surface area (Å²) in [6.45, 7) is 2.30. The number of amides is 1. The molecule has 0 atom stereocenters. The maximum absolute atomic E-state index is 13.7. The Morgan fingerprint density at radius 2 is 1.90 bits per heavy atom. The topological polar surface area (TPSA) is 101 Å². The molecule has 1 rings (SSSR count). The number of carbonyl (C=O) groups excluding carboxylic acids is 1. The van der Waals surface area contributed by atoms with E-state index < -0.39 is 52.3 Å². The molecule has 0 bridgehead atoms. The van der Waals surface area contributed by atoms with Crippen LogP contribution in [0.25, 0.3) is 0 Å². The summed E-state index contributed by atoms with van der Waals surface area (Å²) in [5.74, 6) is -5.04. The van der Waals surface area contributed by atoms with Crippen LogP contribution in [0.2, 0.25) is 0 Å². The van der Waals surface area contributed by atoms with E-state index in [1.807, 2.05) is 0 Å². The van der Waals surface area contributed by atoms with Gasteiger partial charge in [0.2, 0.25) is 5.82 Å². The Kier molecular flexibility index (Phi) is 4.90. The average Bonchev–Trinajstić information content (AvgIpc) is 2.36. The fourth-order valence-electron chi connectivity index (χ4n) is 1.63. The van der Waals surface area contributed by atoms with Gasteiger partial charge in [0.1, 0.15) is 12.4 Å². The number of nitro benzene ring substituents is 1. The monoisotopic (exact) mass is 302 g/mol. The van der Waals surface area contributed by atoms with Crippen molar-refractivity contribution >= 4 is 17.6 Å². The fourth-order valence-corrected chi connectivity index (χ4v) is 1.63. The number of carboxylic acids is 1. The number of nitrogens with zero attached hydrogens (tertiary/aromatic N) is 2. The first-order valence-corrected chi connectivity index (χ1v) is 5.81. The van der Waals surface area contributed by atoms with Crippen LogP contribution in [0, 0.1) is 21.7 Å². The molecule has 0 fully saturated rings. The second-order valence-corrected chi connectivity index (χ2v) is 4.46. The molecule has 21 heavy (non-hydrogen) atoms. The van der Waals surface area contributed by atoms with E-state index in [9.17, 15) is 28.5 Å². The van der Waals surface area contributed by atoms with Crippen LogP contribution in [-0.4, -0.2) is 39.4 Å². The summed E-state index contributed by atoms with van der Waals surface area (Å²) >= 11 is 0. The van der Waals surface area contributed by atoms with Crippen molar-refractivity contribution in [1.82, 2.24) is 4.90 Å². The minimum absolute atomic E-state index is 0.293. The molecule has 0 aliphatic rings. The van der Waals surface area contributed by atoms with Crippen LogP contribution in [0.5, 0.6) is 0 Å². The highest BCUT2D eigenvalue weighted by molar-refractivity contribution is 5.96. The Morgan fingerprint density at radius 3 is 2.33 bits per heavy atom. The lowest BCUT2D eigenvalue weighted by atomic mass is 10.1. The third-order valence-corrected chi connectivity index (χ3v) is 2.65. The zero-order valence-corrected chi connectivity index (χ0v) is 11.2. The van der Waals surface area contributed by atoms with Crippen molar-refractivity contribution in [3.05, 3.63) is 39.4 Å². The van der Waals surface area contributed by atoms with Crippen molar-refractivity contribution in [1.29, 1.82) is 0 Å². The maximum atomic E-state index is 13.7. The molecule has 114 valence electrons. The molecule has 9 heteroatoms. The number of carbonyl (C=O) groups is 2. The van der Waals surface area contributed by atoms with Gasteiger partial charge in [0.25, 0.3) is 5.91 Å². The summed E-state index contributed by atoms with van der Waals surface area (Å²) in [4.78, 5) is 32.9. The van der Waals surface area contributed by atoms with E-state index in [4.69, 9.17) is 5.11 Å². The van der Waals surface area contributed by atoms with E-state index in [1.54, 1.807) is 0 Å². The summed E-state index contributed by atoms with van der Waals surface area (Å²) in [6.07, 6.45) is 0. The highest BCUT2D eigenvalue weighted by atomic mass is 19.1. The van der Waals surface area contributed by atoms with E-state index in [1.165, 1.54) is 13.8 Å². The second-order valence-electron chi connectivity index (χ2n) is 4.46. The molecule has 0 radical (unpaired) electrons. The van der Waals surface area contributed by atoms with Gasteiger partial charge in [0.05, 0.1) is 16.6 Å². The first-order valence-electron chi connectivity index (χ1n) is 5.81. The Bertz CT molecular complexity index is 604. The van der Waals surface area contributed by atoms with Crippen molar-refractivity contribution in [2.45, 2.75) is 19.9 Å². The van der Waals surface area contributed by atoms with Gasteiger partial charge in [-0.3, -0.25) is 19.7 Å². The van der Waals surface area contributed by atoms with Gasteiger partial charge in [-0.15, -0.1) is 0 Å². The number of benzene rings is 1.